The van der Waals surface area contributed by atoms with Crippen LogP contribution in [-0.2, 0) is 9.59 Å². The molecule has 7 nitrogen and oxygen atoms in total. The summed E-state index contributed by atoms with van der Waals surface area (Å²) in [5.74, 6) is -0.603. The number of nitrogens with one attached hydrogen (secondary N) is 1. The summed E-state index contributed by atoms with van der Waals surface area (Å²) < 4.78 is 0. The monoisotopic (exact) mass is 277 g/mol. The summed E-state index contributed by atoms with van der Waals surface area (Å²) in [4.78, 5) is 35.2. The maximum atomic E-state index is 12.0. The number of likely N-dealkylation sites (tertiary alicyclic amines) is 1. The van der Waals surface area contributed by atoms with Gasteiger partial charge >= 0.3 is 0 Å². The molecule has 0 saturated carbocycles. The Morgan fingerprint density at radius 2 is 2.05 bits per heavy atom. The molecular formula is C13H15N3O4. The van der Waals surface area contributed by atoms with E-state index in [1.807, 2.05) is 0 Å². The smallest absolute Gasteiger partial charge is 0.269 e. The summed E-state index contributed by atoms with van der Waals surface area (Å²) in [5.41, 5.74) is 0.462. The highest BCUT2D eigenvalue weighted by atomic mass is 16.6. The van der Waals surface area contributed by atoms with Gasteiger partial charge in [0.15, 0.2) is 0 Å². The first kappa shape index (κ1) is 14.0. The summed E-state index contributed by atoms with van der Waals surface area (Å²) in [6.45, 7) is 0.567. The second-order valence-corrected chi connectivity index (χ2v) is 4.80. The maximum Gasteiger partial charge on any atom is 0.269 e. The van der Waals surface area contributed by atoms with Gasteiger partial charge in [-0.3, -0.25) is 19.7 Å². The van der Waals surface area contributed by atoms with Crippen LogP contribution in [0.15, 0.2) is 24.3 Å². The van der Waals surface area contributed by atoms with Crippen LogP contribution in [0.4, 0.5) is 11.4 Å². The molecule has 0 spiro atoms. The van der Waals surface area contributed by atoms with E-state index in [9.17, 15) is 19.7 Å². The molecule has 1 aliphatic rings. The van der Waals surface area contributed by atoms with E-state index >= 15 is 0 Å². The van der Waals surface area contributed by atoms with E-state index in [-0.39, 0.29) is 29.8 Å². The van der Waals surface area contributed by atoms with Crippen molar-refractivity contribution in [1.82, 2.24) is 4.90 Å². The van der Waals surface area contributed by atoms with Crippen LogP contribution in [0.25, 0.3) is 0 Å². The van der Waals surface area contributed by atoms with Crippen LogP contribution in [-0.4, -0.2) is 35.2 Å². The minimum Gasteiger partial charge on any atom is -0.346 e. The van der Waals surface area contributed by atoms with Gasteiger partial charge in [0.25, 0.3) is 5.69 Å². The third-order valence-electron chi connectivity index (χ3n) is 3.38. The molecule has 1 aliphatic heterocycles. The zero-order valence-corrected chi connectivity index (χ0v) is 11.0. The SMILES string of the molecule is CN1CCC(C(=O)Nc2ccc([N+](=O)[O-])cc2)CC1=O. The predicted octanol–water partition coefficient (Wildman–Crippen LogP) is 1.40. The van der Waals surface area contributed by atoms with Gasteiger partial charge in [-0.1, -0.05) is 0 Å². The van der Waals surface area contributed by atoms with E-state index in [0.29, 0.717) is 18.7 Å². The van der Waals surface area contributed by atoms with E-state index < -0.39 is 4.92 Å². The van der Waals surface area contributed by atoms with Crippen molar-refractivity contribution in [2.24, 2.45) is 5.92 Å². The molecule has 2 rings (SSSR count). The average molecular weight is 277 g/mol. The number of amides is 2. The number of carbonyl (C=O) groups excluding carboxylic acids is 2. The lowest BCUT2D eigenvalue weighted by Gasteiger charge is -2.27. The maximum absolute atomic E-state index is 12.0. The Bertz CT molecular complexity index is 541. The molecular weight excluding hydrogens is 262 g/mol. The van der Waals surface area contributed by atoms with Gasteiger partial charge < -0.3 is 10.2 Å². The number of hydrogen-bond acceptors (Lipinski definition) is 4. The number of nitrogens with zero attached hydrogens (tertiary/aromatic N) is 2. The van der Waals surface area contributed by atoms with Gasteiger partial charge in [0.2, 0.25) is 11.8 Å². The van der Waals surface area contributed by atoms with Crippen molar-refractivity contribution in [2.45, 2.75) is 12.8 Å². The highest BCUT2D eigenvalue weighted by molar-refractivity contribution is 5.95. The Morgan fingerprint density at radius 1 is 1.40 bits per heavy atom. The molecule has 1 atom stereocenters. The number of rotatable bonds is 3. The molecule has 0 aliphatic carbocycles. The molecule has 2 amide bonds. The molecule has 106 valence electrons. The minimum atomic E-state index is -0.499. The van der Waals surface area contributed by atoms with Crippen molar-refractivity contribution in [3.05, 3.63) is 34.4 Å². The lowest BCUT2D eigenvalue weighted by Crippen LogP contribution is -2.39. The fraction of sp³-hybridized carbons (Fsp3) is 0.385. The fourth-order valence-electron chi connectivity index (χ4n) is 2.08. The van der Waals surface area contributed by atoms with Gasteiger partial charge in [0, 0.05) is 43.8 Å². The van der Waals surface area contributed by atoms with Gasteiger partial charge in [-0.25, -0.2) is 0 Å². The van der Waals surface area contributed by atoms with Crippen LogP contribution >= 0.6 is 0 Å². The highest BCUT2D eigenvalue weighted by Crippen LogP contribution is 2.21. The van der Waals surface area contributed by atoms with Crippen molar-refractivity contribution in [3.63, 3.8) is 0 Å². The predicted molar refractivity (Wildman–Crippen MR) is 72.1 cm³/mol. The number of benzene rings is 1. The van der Waals surface area contributed by atoms with E-state index in [1.54, 1.807) is 11.9 Å². The van der Waals surface area contributed by atoms with Gasteiger partial charge in [-0.15, -0.1) is 0 Å². The van der Waals surface area contributed by atoms with Gasteiger partial charge in [-0.05, 0) is 18.6 Å². The van der Waals surface area contributed by atoms with Gasteiger partial charge in [0.1, 0.15) is 0 Å². The first-order valence-electron chi connectivity index (χ1n) is 6.26. The number of nitro benzene ring substituents is 1. The van der Waals surface area contributed by atoms with Crippen molar-refractivity contribution in [2.75, 3.05) is 18.9 Å². The molecule has 0 radical (unpaired) electrons. The molecule has 20 heavy (non-hydrogen) atoms. The molecule has 1 saturated heterocycles. The fourth-order valence-corrected chi connectivity index (χ4v) is 2.08. The number of carbonyl (C=O) groups is 2. The van der Waals surface area contributed by atoms with Crippen molar-refractivity contribution >= 4 is 23.2 Å². The number of anilines is 1. The molecule has 1 unspecified atom stereocenters. The molecule has 1 N–H and O–H groups in total. The van der Waals surface area contributed by atoms with Crippen LogP contribution in [0.5, 0.6) is 0 Å². The number of non-ortho nitro benzene ring substituents is 1. The van der Waals surface area contributed by atoms with Crippen molar-refractivity contribution < 1.29 is 14.5 Å². The normalized spacial score (nSPS) is 18.8. The Kier molecular flexibility index (Phi) is 3.97. The third kappa shape index (κ3) is 3.11. The zero-order valence-electron chi connectivity index (χ0n) is 11.0. The molecule has 7 heteroatoms. The van der Waals surface area contributed by atoms with E-state index in [4.69, 9.17) is 0 Å². The van der Waals surface area contributed by atoms with E-state index in [1.165, 1.54) is 24.3 Å². The summed E-state index contributed by atoms with van der Waals surface area (Å²) in [5, 5.41) is 13.2. The van der Waals surface area contributed by atoms with Gasteiger partial charge in [-0.2, -0.15) is 0 Å². The Balaban J connectivity index is 1.97. The summed E-state index contributed by atoms with van der Waals surface area (Å²) in [6.07, 6.45) is 0.830. The molecule has 0 bridgehead atoms. The number of nitro groups is 1. The van der Waals surface area contributed by atoms with E-state index in [0.717, 1.165) is 0 Å². The van der Waals surface area contributed by atoms with Crippen molar-refractivity contribution in [1.29, 1.82) is 0 Å². The third-order valence-corrected chi connectivity index (χ3v) is 3.38. The van der Waals surface area contributed by atoms with E-state index in [2.05, 4.69) is 5.32 Å². The first-order chi connectivity index (χ1) is 9.47. The number of hydrogen-bond donors (Lipinski definition) is 1. The molecule has 1 fully saturated rings. The van der Waals surface area contributed by atoms with Crippen LogP contribution in [0.1, 0.15) is 12.8 Å². The average Bonchev–Trinajstić information content (AvgIpc) is 2.42. The Labute approximate surface area is 115 Å². The second kappa shape index (κ2) is 5.68. The quantitative estimate of drug-likeness (QED) is 0.667. The minimum absolute atomic E-state index is 0.0301. The van der Waals surface area contributed by atoms with Crippen molar-refractivity contribution in [3.8, 4) is 0 Å². The first-order valence-corrected chi connectivity index (χ1v) is 6.26. The lowest BCUT2D eigenvalue weighted by atomic mass is 9.95. The Morgan fingerprint density at radius 3 is 2.60 bits per heavy atom. The van der Waals surface area contributed by atoms with Gasteiger partial charge in [0.05, 0.1) is 4.92 Å². The Hall–Kier alpha value is -2.44. The topological polar surface area (TPSA) is 92.6 Å². The van der Waals surface area contributed by atoms with Crippen LogP contribution in [0.3, 0.4) is 0 Å². The molecule has 0 aromatic heterocycles. The number of piperidine rings is 1. The lowest BCUT2D eigenvalue weighted by molar-refractivity contribution is -0.384. The highest BCUT2D eigenvalue weighted by Gasteiger charge is 2.28. The summed E-state index contributed by atoms with van der Waals surface area (Å²) in [6, 6.07) is 5.62. The molecule has 1 aromatic rings. The summed E-state index contributed by atoms with van der Waals surface area (Å²) >= 11 is 0. The second-order valence-electron chi connectivity index (χ2n) is 4.80. The van der Waals surface area contributed by atoms with Crippen LogP contribution < -0.4 is 5.32 Å². The zero-order chi connectivity index (χ0) is 14.7. The standard InChI is InChI=1S/C13H15N3O4/c1-15-7-6-9(8-12(15)17)13(18)14-10-2-4-11(5-3-10)16(19)20/h2-5,9H,6-8H2,1H3,(H,14,18). The molecule has 1 heterocycles. The van der Waals surface area contributed by atoms with Crippen LogP contribution in [0, 0.1) is 16.0 Å². The largest absolute Gasteiger partial charge is 0.346 e. The van der Waals surface area contributed by atoms with Crippen LogP contribution in [0.2, 0.25) is 0 Å². The summed E-state index contributed by atoms with van der Waals surface area (Å²) in [7, 11) is 1.72. The molecule has 1 aromatic carbocycles.